The molecular weight excluding hydrogens is 226 g/mol. The smallest absolute Gasteiger partial charge is 0.00811 e. The molecule has 104 valence electrons. The molecule has 0 aromatic heterocycles. The Bertz CT molecular complexity index is 163. The fourth-order valence-electron chi connectivity index (χ4n) is 2.18. The summed E-state index contributed by atoms with van der Waals surface area (Å²) in [6.45, 7) is 12.8. The third-order valence-corrected chi connectivity index (χ3v) is 3.76. The molecule has 1 N–H and O–H groups in total. The van der Waals surface area contributed by atoms with E-state index in [1.807, 2.05) is 11.9 Å². The summed E-state index contributed by atoms with van der Waals surface area (Å²) in [5, 5.41) is 0. The average molecular weight is 260 g/mol. The minimum atomic E-state index is 0.484. The van der Waals surface area contributed by atoms with Crippen LogP contribution in [0, 0.1) is 11.3 Å². The van der Waals surface area contributed by atoms with Crippen LogP contribution in [-0.4, -0.2) is 12.3 Å². The molecule has 2 heteroatoms. The Labute approximate surface area is 114 Å². The second kappa shape index (κ2) is 10.3. The zero-order valence-corrected chi connectivity index (χ0v) is 13.5. The van der Waals surface area contributed by atoms with E-state index in [1.54, 1.807) is 0 Å². The third-order valence-electron chi connectivity index (χ3n) is 2.91. The molecule has 0 fully saturated rings. The molecule has 0 spiro atoms. The Morgan fingerprint density at radius 3 is 2.41 bits per heavy atom. The second-order valence-corrected chi connectivity index (χ2v) is 7.45. The molecule has 0 heterocycles. The molecule has 0 aromatic carbocycles. The maximum absolute atomic E-state index is 3.48. The number of nitrogens with one attached hydrogen (secondary N) is 1. The molecule has 0 aliphatic carbocycles. The maximum Gasteiger partial charge on any atom is 0.00811 e. The van der Waals surface area contributed by atoms with Gasteiger partial charge in [-0.05, 0) is 30.6 Å². The summed E-state index contributed by atoms with van der Waals surface area (Å²) in [5.74, 6) is 2.11. The predicted octanol–water partition coefficient (Wildman–Crippen LogP) is 5.27. The molecule has 1 unspecified atom stereocenters. The van der Waals surface area contributed by atoms with Gasteiger partial charge in [0, 0.05) is 12.3 Å². The first kappa shape index (κ1) is 17.3. The molecule has 0 saturated carbocycles. The van der Waals surface area contributed by atoms with Gasteiger partial charge in [-0.3, -0.25) is 4.72 Å². The van der Waals surface area contributed by atoms with Gasteiger partial charge in [0.2, 0.25) is 0 Å². The van der Waals surface area contributed by atoms with Crippen LogP contribution in [0.4, 0.5) is 0 Å². The van der Waals surface area contributed by atoms with Crippen LogP contribution in [-0.2, 0) is 0 Å². The van der Waals surface area contributed by atoms with Gasteiger partial charge in [-0.2, -0.15) is 0 Å². The van der Waals surface area contributed by atoms with Crippen molar-refractivity contribution < 1.29 is 0 Å². The monoisotopic (exact) mass is 259 g/mol. The molecule has 0 aliphatic rings. The Morgan fingerprint density at radius 1 is 1.12 bits per heavy atom. The lowest BCUT2D eigenvalue weighted by molar-refractivity contribution is 0.303. The molecule has 17 heavy (non-hydrogen) atoms. The van der Waals surface area contributed by atoms with E-state index in [4.69, 9.17) is 0 Å². The minimum Gasteiger partial charge on any atom is -0.264 e. The van der Waals surface area contributed by atoms with Gasteiger partial charge in [0.25, 0.3) is 0 Å². The van der Waals surface area contributed by atoms with E-state index in [2.05, 4.69) is 39.3 Å². The first-order chi connectivity index (χ1) is 7.95. The van der Waals surface area contributed by atoms with Gasteiger partial charge >= 0.3 is 0 Å². The zero-order chi connectivity index (χ0) is 13.1. The van der Waals surface area contributed by atoms with E-state index in [0.717, 1.165) is 5.92 Å². The van der Waals surface area contributed by atoms with Crippen LogP contribution in [0.5, 0.6) is 0 Å². The highest BCUT2D eigenvalue weighted by molar-refractivity contribution is 7.97. The summed E-state index contributed by atoms with van der Waals surface area (Å²) in [4.78, 5) is 0. The summed E-state index contributed by atoms with van der Waals surface area (Å²) in [6.07, 6.45) is 8.10. The van der Waals surface area contributed by atoms with E-state index in [1.165, 1.54) is 50.8 Å². The van der Waals surface area contributed by atoms with E-state index in [0.29, 0.717) is 5.41 Å². The van der Waals surface area contributed by atoms with Crippen molar-refractivity contribution in [3.05, 3.63) is 0 Å². The minimum absolute atomic E-state index is 0.484. The number of hydrogen-bond donors (Lipinski definition) is 1. The van der Waals surface area contributed by atoms with Gasteiger partial charge < -0.3 is 0 Å². The van der Waals surface area contributed by atoms with Gasteiger partial charge in [0.1, 0.15) is 0 Å². The molecule has 0 radical (unpaired) electrons. The first-order valence-electron chi connectivity index (χ1n) is 7.30. The van der Waals surface area contributed by atoms with E-state index in [-0.39, 0.29) is 0 Å². The predicted molar refractivity (Wildman–Crippen MR) is 82.5 cm³/mol. The SMILES string of the molecule is CCCCCCNSCCC(C)CC(C)(C)C. The molecule has 0 aliphatic heterocycles. The number of hydrogen-bond acceptors (Lipinski definition) is 2. The molecule has 0 saturated heterocycles. The van der Waals surface area contributed by atoms with Gasteiger partial charge in [0.05, 0.1) is 0 Å². The summed E-state index contributed by atoms with van der Waals surface area (Å²) in [5.41, 5.74) is 0.484. The van der Waals surface area contributed by atoms with Gasteiger partial charge in [-0.15, -0.1) is 0 Å². The van der Waals surface area contributed by atoms with Crippen LogP contribution in [0.1, 0.15) is 73.1 Å². The summed E-state index contributed by atoms with van der Waals surface area (Å²) in [7, 11) is 0. The van der Waals surface area contributed by atoms with Gasteiger partial charge in [-0.1, -0.05) is 65.8 Å². The summed E-state index contributed by atoms with van der Waals surface area (Å²) >= 11 is 1.92. The second-order valence-electron chi connectivity index (χ2n) is 6.46. The molecular formula is C15H33NS. The quantitative estimate of drug-likeness (QED) is 0.424. The van der Waals surface area contributed by atoms with E-state index >= 15 is 0 Å². The molecule has 0 rings (SSSR count). The Morgan fingerprint density at radius 2 is 1.82 bits per heavy atom. The molecule has 1 nitrogen and oxygen atoms in total. The van der Waals surface area contributed by atoms with Crippen molar-refractivity contribution in [2.24, 2.45) is 11.3 Å². The highest BCUT2D eigenvalue weighted by Crippen LogP contribution is 2.26. The molecule has 0 bridgehead atoms. The highest BCUT2D eigenvalue weighted by Gasteiger charge is 2.14. The van der Waals surface area contributed by atoms with Crippen molar-refractivity contribution in [3.63, 3.8) is 0 Å². The summed E-state index contributed by atoms with van der Waals surface area (Å²) in [6, 6.07) is 0. The maximum atomic E-state index is 3.48. The van der Waals surface area contributed by atoms with Crippen molar-refractivity contribution in [1.29, 1.82) is 0 Å². The van der Waals surface area contributed by atoms with Crippen LogP contribution in [0.15, 0.2) is 0 Å². The lowest BCUT2D eigenvalue weighted by Crippen LogP contribution is -2.13. The molecule has 1 atom stereocenters. The Balaban J connectivity index is 3.22. The van der Waals surface area contributed by atoms with E-state index < -0.39 is 0 Å². The number of rotatable bonds is 10. The summed E-state index contributed by atoms with van der Waals surface area (Å²) < 4.78 is 3.48. The van der Waals surface area contributed by atoms with Crippen molar-refractivity contribution in [2.75, 3.05) is 12.3 Å². The highest BCUT2D eigenvalue weighted by atomic mass is 32.2. The van der Waals surface area contributed by atoms with Gasteiger partial charge in [0.15, 0.2) is 0 Å². The normalized spacial score (nSPS) is 13.9. The van der Waals surface area contributed by atoms with Crippen LogP contribution in [0.2, 0.25) is 0 Å². The molecule has 0 amide bonds. The van der Waals surface area contributed by atoms with Crippen LogP contribution >= 0.6 is 11.9 Å². The van der Waals surface area contributed by atoms with Crippen LogP contribution in [0.25, 0.3) is 0 Å². The number of unbranched alkanes of at least 4 members (excludes halogenated alkanes) is 3. The van der Waals surface area contributed by atoms with Crippen molar-refractivity contribution in [3.8, 4) is 0 Å². The average Bonchev–Trinajstić information content (AvgIpc) is 2.19. The van der Waals surface area contributed by atoms with Crippen molar-refractivity contribution in [2.45, 2.75) is 73.1 Å². The Hall–Kier alpha value is 0.310. The standard InChI is InChI=1S/C15H33NS/c1-6-7-8-9-11-16-17-12-10-14(2)13-15(3,4)5/h14,16H,6-13H2,1-5H3. The first-order valence-corrected chi connectivity index (χ1v) is 8.29. The Kier molecular flexibility index (Phi) is 10.4. The van der Waals surface area contributed by atoms with E-state index in [9.17, 15) is 0 Å². The fourth-order valence-corrected chi connectivity index (χ4v) is 3.13. The fraction of sp³-hybridized carbons (Fsp3) is 1.00. The van der Waals surface area contributed by atoms with Crippen LogP contribution < -0.4 is 4.72 Å². The van der Waals surface area contributed by atoms with Crippen molar-refractivity contribution in [1.82, 2.24) is 4.72 Å². The largest absolute Gasteiger partial charge is 0.264 e. The lowest BCUT2D eigenvalue weighted by Gasteiger charge is -2.23. The van der Waals surface area contributed by atoms with Crippen LogP contribution in [0.3, 0.4) is 0 Å². The topological polar surface area (TPSA) is 12.0 Å². The zero-order valence-electron chi connectivity index (χ0n) is 12.6. The van der Waals surface area contributed by atoms with Gasteiger partial charge in [-0.25, -0.2) is 0 Å². The molecule has 0 aromatic rings. The van der Waals surface area contributed by atoms with Crippen molar-refractivity contribution >= 4 is 11.9 Å². The third kappa shape index (κ3) is 14.2. The lowest BCUT2D eigenvalue weighted by atomic mass is 9.84.